The molecule has 0 radical (unpaired) electrons. The predicted molar refractivity (Wildman–Crippen MR) is 71.6 cm³/mol. The first kappa shape index (κ1) is 19.1. The van der Waals surface area contributed by atoms with E-state index < -0.39 is 46.3 Å². The normalized spacial score (nSPS) is 13.2. The summed E-state index contributed by atoms with van der Waals surface area (Å²) in [7, 11) is 0. The Morgan fingerprint density at radius 2 is 1.12 bits per heavy atom. The topological polar surface area (TPSA) is 0 Å². The fraction of sp³-hybridized carbons (Fsp3) is 0.250. The first-order chi connectivity index (χ1) is 11.2. The molecule has 0 saturated heterocycles. The van der Waals surface area contributed by atoms with Gasteiger partial charge in [0.25, 0.3) is 0 Å². The van der Waals surface area contributed by atoms with Crippen LogP contribution in [0.25, 0.3) is 11.1 Å². The summed E-state index contributed by atoms with van der Waals surface area (Å²) in [6.07, 6.45) is -14.6. The van der Waals surface area contributed by atoms with Crippen molar-refractivity contribution in [1.29, 1.82) is 0 Å². The van der Waals surface area contributed by atoms with Crippen LogP contribution in [-0.4, -0.2) is 0 Å². The third-order valence-electron chi connectivity index (χ3n) is 3.50. The second-order valence-corrected chi connectivity index (χ2v) is 5.28. The first-order valence-corrected chi connectivity index (χ1v) is 6.68. The Morgan fingerprint density at radius 1 is 0.600 bits per heavy atom. The fourth-order valence-electron chi connectivity index (χ4n) is 2.36. The average molecular weight is 372 g/mol. The first-order valence-electron chi connectivity index (χ1n) is 6.68. The fourth-order valence-corrected chi connectivity index (χ4v) is 2.36. The Hall–Kier alpha value is -2.19. The van der Waals surface area contributed by atoms with Gasteiger partial charge in [0.05, 0.1) is 16.7 Å². The average Bonchev–Trinajstić information content (AvgIpc) is 2.43. The zero-order chi connectivity index (χ0) is 19.2. The van der Waals surface area contributed by atoms with Gasteiger partial charge in [-0.05, 0) is 47.9 Å². The van der Waals surface area contributed by atoms with Crippen molar-refractivity contribution in [3.63, 3.8) is 0 Å². The predicted octanol–water partition coefficient (Wildman–Crippen LogP) is 6.72. The Balaban J connectivity index is 2.70. The standard InChI is InChI=1S/C16H9F9/c1-8-6-9(2-4-12(8)15(20,21)22)11-7-10(14(17,18)19)3-5-13(11)16(23,24)25/h2-7H,1H3. The van der Waals surface area contributed by atoms with Gasteiger partial charge in [-0.1, -0.05) is 12.1 Å². The van der Waals surface area contributed by atoms with E-state index in [2.05, 4.69) is 0 Å². The molecule has 0 saturated carbocycles. The number of benzene rings is 2. The maximum atomic E-state index is 13.1. The Morgan fingerprint density at radius 3 is 1.56 bits per heavy atom. The highest BCUT2D eigenvalue weighted by Gasteiger charge is 2.38. The van der Waals surface area contributed by atoms with Crippen molar-refractivity contribution in [2.75, 3.05) is 0 Å². The molecule has 2 rings (SSSR count). The quantitative estimate of drug-likeness (QED) is 0.488. The van der Waals surface area contributed by atoms with Crippen molar-refractivity contribution in [2.24, 2.45) is 0 Å². The number of halogens is 9. The van der Waals surface area contributed by atoms with Gasteiger partial charge >= 0.3 is 18.5 Å². The summed E-state index contributed by atoms with van der Waals surface area (Å²) in [4.78, 5) is 0. The van der Waals surface area contributed by atoms with Crippen LogP contribution in [0.15, 0.2) is 36.4 Å². The van der Waals surface area contributed by atoms with Gasteiger partial charge < -0.3 is 0 Å². The summed E-state index contributed by atoms with van der Waals surface area (Å²) in [6, 6.07) is 2.89. The summed E-state index contributed by atoms with van der Waals surface area (Å²) < 4.78 is 116. The lowest BCUT2D eigenvalue weighted by Gasteiger charge is -2.17. The molecule has 0 bridgehead atoms. The van der Waals surface area contributed by atoms with Gasteiger partial charge in [0.1, 0.15) is 0 Å². The molecule has 2 aromatic rings. The van der Waals surface area contributed by atoms with E-state index in [1.165, 1.54) is 0 Å². The molecule has 0 atom stereocenters. The SMILES string of the molecule is Cc1cc(-c2cc(C(F)(F)F)ccc2C(F)(F)F)ccc1C(F)(F)F. The highest BCUT2D eigenvalue weighted by molar-refractivity contribution is 5.70. The van der Waals surface area contributed by atoms with E-state index in [0.717, 1.165) is 19.1 Å². The largest absolute Gasteiger partial charge is 0.417 e. The van der Waals surface area contributed by atoms with E-state index in [1.807, 2.05) is 0 Å². The van der Waals surface area contributed by atoms with Crippen LogP contribution >= 0.6 is 0 Å². The molecule has 0 aromatic heterocycles. The molecule has 25 heavy (non-hydrogen) atoms. The van der Waals surface area contributed by atoms with Crippen LogP contribution in [0.1, 0.15) is 22.3 Å². The van der Waals surface area contributed by atoms with Crippen molar-refractivity contribution in [2.45, 2.75) is 25.5 Å². The molecule has 0 spiro atoms. The highest BCUT2D eigenvalue weighted by Crippen LogP contribution is 2.42. The molecule has 0 aliphatic heterocycles. The number of hydrogen-bond acceptors (Lipinski definition) is 0. The Labute approximate surface area is 135 Å². The zero-order valence-electron chi connectivity index (χ0n) is 12.4. The molecule has 9 heteroatoms. The highest BCUT2D eigenvalue weighted by atomic mass is 19.4. The molecule has 0 aliphatic rings. The zero-order valence-corrected chi connectivity index (χ0v) is 12.4. The summed E-state index contributed by atoms with van der Waals surface area (Å²) in [5.41, 5.74) is -5.37. The van der Waals surface area contributed by atoms with E-state index in [4.69, 9.17) is 0 Å². The van der Waals surface area contributed by atoms with Crippen LogP contribution in [0.4, 0.5) is 39.5 Å². The van der Waals surface area contributed by atoms with Crippen molar-refractivity contribution in [3.8, 4) is 11.1 Å². The molecule has 0 N–H and O–H groups in total. The van der Waals surface area contributed by atoms with Crippen molar-refractivity contribution >= 4 is 0 Å². The van der Waals surface area contributed by atoms with Crippen LogP contribution < -0.4 is 0 Å². The maximum Gasteiger partial charge on any atom is 0.417 e. The van der Waals surface area contributed by atoms with Gasteiger partial charge in [-0.2, -0.15) is 39.5 Å². The molecule has 0 amide bonds. The summed E-state index contributed by atoms with van der Waals surface area (Å²) >= 11 is 0. The van der Waals surface area contributed by atoms with Crippen molar-refractivity contribution in [1.82, 2.24) is 0 Å². The second-order valence-electron chi connectivity index (χ2n) is 5.28. The lowest BCUT2D eigenvalue weighted by atomic mass is 9.94. The minimum Gasteiger partial charge on any atom is -0.166 e. The lowest BCUT2D eigenvalue weighted by molar-refractivity contribution is -0.141. The summed E-state index contributed by atoms with van der Waals surface area (Å²) in [5, 5.41) is 0. The van der Waals surface area contributed by atoms with Gasteiger partial charge in [-0.3, -0.25) is 0 Å². The van der Waals surface area contributed by atoms with E-state index in [-0.39, 0.29) is 23.8 Å². The molecule has 0 nitrogen and oxygen atoms in total. The summed E-state index contributed by atoms with van der Waals surface area (Å²) in [6.45, 7) is 1.02. The molecular weight excluding hydrogens is 363 g/mol. The van der Waals surface area contributed by atoms with E-state index in [0.29, 0.717) is 6.07 Å². The van der Waals surface area contributed by atoms with Gasteiger partial charge in [0, 0.05) is 0 Å². The lowest BCUT2D eigenvalue weighted by Crippen LogP contribution is -2.11. The van der Waals surface area contributed by atoms with Gasteiger partial charge in [0.2, 0.25) is 0 Å². The van der Waals surface area contributed by atoms with Crippen LogP contribution in [-0.2, 0) is 18.5 Å². The minimum atomic E-state index is -4.96. The summed E-state index contributed by atoms with van der Waals surface area (Å²) in [5.74, 6) is 0. The van der Waals surface area contributed by atoms with E-state index in [9.17, 15) is 39.5 Å². The Kier molecular flexibility index (Phi) is 4.56. The molecular formula is C16H9F9. The molecule has 0 aliphatic carbocycles. The van der Waals surface area contributed by atoms with Crippen LogP contribution in [0.3, 0.4) is 0 Å². The van der Waals surface area contributed by atoms with Crippen LogP contribution in [0.5, 0.6) is 0 Å². The minimum absolute atomic E-state index is 0.269. The number of aryl methyl sites for hydroxylation is 1. The molecule has 0 unspecified atom stereocenters. The van der Waals surface area contributed by atoms with E-state index in [1.54, 1.807) is 0 Å². The monoisotopic (exact) mass is 372 g/mol. The van der Waals surface area contributed by atoms with Crippen molar-refractivity contribution < 1.29 is 39.5 Å². The van der Waals surface area contributed by atoms with Crippen molar-refractivity contribution in [3.05, 3.63) is 58.7 Å². The molecule has 2 aromatic carbocycles. The number of rotatable bonds is 1. The molecule has 0 fully saturated rings. The van der Waals surface area contributed by atoms with Gasteiger partial charge in [0.15, 0.2) is 0 Å². The van der Waals surface area contributed by atoms with E-state index >= 15 is 0 Å². The van der Waals surface area contributed by atoms with Crippen LogP contribution in [0.2, 0.25) is 0 Å². The smallest absolute Gasteiger partial charge is 0.166 e. The Bertz CT molecular complexity index is 780. The number of alkyl halides is 9. The molecule has 0 heterocycles. The number of hydrogen-bond donors (Lipinski definition) is 0. The van der Waals surface area contributed by atoms with Gasteiger partial charge in [-0.25, -0.2) is 0 Å². The third-order valence-corrected chi connectivity index (χ3v) is 3.50. The molecule has 136 valence electrons. The maximum absolute atomic E-state index is 13.1. The van der Waals surface area contributed by atoms with Crippen LogP contribution in [0, 0.1) is 6.92 Å². The second kappa shape index (κ2) is 5.96. The van der Waals surface area contributed by atoms with Gasteiger partial charge in [-0.15, -0.1) is 0 Å². The third kappa shape index (κ3) is 4.08.